The fourth-order valence-electron chi connectivity index (χ4n) is 1.49. The van der Waals surface area contributed by atoms with Crippen molar-refractivity contribution in [1.29, 1.82) is 0 Å². The molecule has 2 rings (SSSR count). The zero-order valence-electron chi connectivity index (χ0n) is 8.61. The van der Waals surface area contributed by atoms with E-state index in [-0.39, 0.29) is 0 Å². The number of hydrogen-bond donors (Lipinski definition) is 2. The van der Waals surface area contributed by atoms with Gasteiger partial charge in [-0.25, -0.2) is 0 Å². The molecule has 0 saturated heterocycles. The summed E-state index contributed by atoms with van der Waals surface area (Å²) < 4.78 is 5.35. The molecule has 2 N–H and O–H groups in total. The topological polar surface area (TPSA) is 62.8 Å². The average molecular weight is 204 g/mol. The Hall–Kier alpha value is -2.04. The second kappa shape index (κ2) is 4.00. The molecular formula is C10H12N4O. The third-order valence-corrected chi connectivity index (χ3v) is 2.18. The van der Waals surface area contributed by atoms with Crippen molar-refractivity contribution in [3.63, 3.8) is 0 Å². The molecule has 78 valence electrons. The lowest BCUT2D eigenvalue weighted by Gasteiger charge is -2.11. The minimum Gasteiger partial charge on any atom is -0.494 e. The van der Waals surface area contributed by atoms with Gasteiger partial charge in [0.15, 0.2) is 5.75 Å². The number of anilines is 1. The van der Waals surface area contributed by atoms with Gasteiger partial charge in [-0.05, 0) is 12.1 Å². The van der Waals surface area contributed by atoms with Gasteiger partial charge < -0.3 is 10.1 Å². The molecule has 5 nitrogen and oxygen atoms in total. The molecule has 0 saturated carbocycles. The minimum absolute atomic E-state index is 0.768. The molecule has 0 aliphatic carbocycles. The Labute approximate surface area is 87.5 Å². The van der Waals surface area contributed by atoms with Crippen LogP contribution in [0.3, 0.4) is 0 Å². The van der Waals surface area contributed by atoms with Crippen LogP contribution in [0.2, 0.25) is 0 Å². The van der Waals surface area contributed by atoms with Crippen LogP contribution in [0.1, 0.15) is 0 Å². The van der Waals surface area contributed by atoms with Crippen molar-refractivity contribution in [3.05, 3.63) is 24.4 Å². The van der Waals surface area contributed by atoms with Crippen LogP contribution in [0, 0.1) is 0 Å². The predicted molar refractivity (Wildman–Crippen MR) is 57.9 cm³/mol. The first-order valence-electron chi connectivity index (χ1n) is 4.58. The van der Waals surface area contributed by atoms with Gasteiger partial charge in [-0.2, -0.15) is 0 Å². The standard InChI is InChI=1S/C10H12N4O/c1-11-8-5-3-4-7(10(8)15-2)9-6-12-14-13-9/h3-6,11H,1-2H3,(H,12,13,14). The van der Waals surface area contributed by atoms with Gasteiger partial charge >= 0.3 is 0 Å². The van der Waals surface area contributed by atoms with E-state index in [9.17, 15) is 0 Å². The number of nitrogens with one attached hydrogen (secondary N) is 2. The highest BCUT2D eigenvalue weighted by Gasteiger charge is 2.11. The van der Waals surface area contributed by atoms with Gasteiger partial charge in [0.2, 0.25) is 0 Å². The second-order valence-electron chi connectivity index (χ2n) is 3.00. The number of nitrogens with zero attached hydrogens (tertiary/aromatic N) is 2. The number of aromatic nitrogens is 3. The molecule has 0 unspecified atom stereocenters. The maximum absolute atomic E-state index is 5.35. The quantitative estimate of drug-likeness (QED) is 0.795. The smallest absolute Gasteiger partial charge is 0.151 e. The van der Waals surface area contributed by atoms with E-state index in [0.717, 1.165) is 22.7 Å². The normalized spacial score (nSPS) is 10.0. The van der Waals surface area contributed by atoms with Gasteiger partial charge in [0.1, 0.15) is 5.69 Å². The van der Waals surface area contributed by atoms with Crippen LogP contribution in [0.25, 0.3) is 11.3 Å². The summed E-state index contributed by atoms with van der Waals surface area (Å²) in [7, 11) is 3.49. The van der Waals surface area contributed by atoms with E-state index < -0.39 is 0 Å². The molecule has 1 aromatic heterocycles. The molecule has 15 heavy (non-hydrogen) atoms. The molecule has 5 heteroatoms. The summed E-state index contributed by atoms with van der Waals surface area (Å²) in [5, 5.41) is 13.4. The molecule has 1 aromatic carbocycles. The van der Waals surface area contributed by atoms with Crippen molar-refractivity contribution in [2.45, 2.75) is 0 Å². The average Bonchev–Trinajstić information content (AvgIpc) is 2.81. The number of aromatic amines is 1. The summed E-state index contributed by atoms with van der Waals surface area (Å²) in [6, 6.07) is 5.83. The molecule has 0 atom stereocenters. The first-order valence-corrected chi connectivity index (χ1v) is 4.58. The minimum atomic E-state index is 0.768. The number of para-hydroxylation sites is 1. The summed E-state index contributed by atoms with van der Waals surface area (Å²) in [5.41, 5.74) is 2.61. The number of benzene rings is 1. The maximum atomic E-state index is 5.35. The van der Waals surface area contributed by atoms with Crippen LogP contribution in [0.5, 0.6) is 5.75 Å². The van der Waals surface area contributed by atoms with Gasteiger partial charge in [0.25, 0.3) is 0 Å². The fourth-order valence-corrected chi connectivity index (χ4v) is 1.49. The van der Waals surface area contributed by atoms with E-state index >= 15 is 0 Å². The Morgan fingerprint density at radius 2 is 2.27 bits per heavy atom. The Kier molecular flexibility index (Phi) is 2.53. The summed E-state index contributed by atoms with van der Waals surface area (Å²) in [6.45, 7) is 0. The summed E-state index contributed by atoms with van der Waals surface area (Å²) in [5.74, 6) is 0.772. The lowest BCUT2D eigenvalue weighted by molar-refractivity contribution is 0.418. The van der Waals surface area contributed by atoms with Crippen LogP contribution in [0.4, 0.5) is 5.69 Å². The van der Waals surface area contributed by atoms with Crippen molar-refractivity contribution in [3.8, 4) is 17.0 Å². The molecule has 0 aliphatic rings. The maximum Gasteiger partial charge on any atom is 0.151 e. The zero-order chi connectivity index (χ0) is 10.7. The van der Waals surface area contributed by atoms with Gasteiger partial charge in [0, 0.05) is 12.6 Å². The van der Waals surface area contributed by atoms with Crippen LogP contribution < -0.4 is 10.1 Å². The number of methoxy groups -OCH3 is 1. The number of ether oxygens (including phenoxy) is 1. The van der Waals surface area contributed by atoms with Crippen LogP contribution >= 0.6 is 0 Å². The Bertz CT molecular complexity index is 439. The molecule has 1 heterocycles. The largest absolute Gasteiger partial charge is 0.494 e. The molecular weight excluding hydrogens is 192 g/mol. The molecule has 0 fully saturated rings. The van der Waals surface area contributed by atoms with Crippen molar-refractivity contribution in [2.75, 3.05) is 19.5 Å². The highest BCUT2D eigenvalue weighted by molar-refractivity contribution is 5.75. The predicted octanol–water partition coefficient (Wildman–Crippen LogP) is 1.52. The Balaban J connectivity index is 2.56. The molecule has 0 radical (unpaired) electrons. The number of H-pyrrole nitrogens is 1. The monoisotopic (exact) mass is 204 g/mol. The van der Waals surface area contributed by atoms with Crippen molar-refractivity contribution in [2.24, 2.45) is 0 Å². The van der Waals surface area contributed by atoms with Crippen molar-refractivity contribution < 1.29 is 4.74 Å². The van der Waals surface area contributed by atoms with Crippen LogP contribution in [-0.4, -0.2) is 29.6 Å². The van der Waals surface area contributed by atoms with E-state index in [1.807, 2.05) is 25.2 Å². The fraction of sp³-hybridized carbons (Fsp3) is 0.200. The molecule has 0 aliphatic heterocycles. The van der Waals surface area contributed by atoms with Crippen LogP contribution in [0.15, 0.2) is 24.4 Å². The second-order valence-corrected chi connectivity index (χ2v) is 3.00. The van der Waals surface area contributed by atoms with Gasteiger partial charge in [0.05, 0.1) is 19.0 Å². The van der Waals surface area contributed by atoms with Gasteiger partial charge in [-0.3, -0.25) is 5.10 Å². The highest BCUT2D eigenvalue weighted by atomic mass is 16.5. The van der Waals surface area contributed by atoms with E-state index in [0.29, 0.717) is 0 Å². The molecule has 0 bridgehead atoms. The third-order valence-electron chi connectivity index (χ3n) is 2.18. The van der Waals surface area contributed by atoms with E-state index in [4.69, 9.17) is 4.74 Å². The third kappa shape index (κ3) is 1.63. The number of rotatable bonds is 3. The lowest BCUT2D eigenvalue weighted by atomic mass is 10.1. The zero-order valence-corrected chi connectivity index (χ0v) is 8.61. The number of hydrogen-bond acceptors (Lipinski definition) is 4. The van der Waals surface area contributed by atoms with Crippen molar-refractivity contribution in [1.82, 2.24) is 15.4 Å². The first kappa shape index (κ1) is 9.51. The summed E-state index contributed by atoms with van der Waals surface area (Å²) in [4.78, 5) is 0. The first-order chi connectivity index (χ1) is 7.36. The van der Waals surface area contributed by atoms with Gasteiger partial charge in [-0.1, -0.05) is 11.3 Å². The molecule has 2 aromatic rings. The van der Waals surface area contributed by atoms with Gasteiger partial charge in [-0.15, -0.1) is 5.10 Å². The lowest BCUT2D eigenvalue weighted by Crippen LogP contribution is -1.95. The van der Waals surface area contributed by atoms with Crippen molar-refractivity contribution >= 4 is 5.69 Å². The molecule has 0 spiro atoms. The Morgan fingerprint density at radius 3 is 2.87 bits per heavy atom. The highest BCUT2D eigenvalue weighted by Crippen LogP contribution is 2.34. The van der Waals surface area contributed by atoms with E-state index in [1.54, 1.807) is 13.3 Å². The van der Waals surface area contributed by atoms with E-state index in [2.05, 4.69) is 20.7 Å². The Morgan fingerprint density at radius 1 is 1.40 bits per heavy atom. The summed E-state index contributed by atoms with van der Waals surface area (Å²) in [6.07, 6.45) is 1.73. The van der Waals surface area contributed by atoms with Crippen LogP contribution in [-0.2, 0) is 0 Å². The van der Waals surface area contributed by atoms with E-state index in [1.165, 1.54) is 0 Å². The SMILES string of the molecule is CNc1cccc(-c2c[nH]nn2)c1OC. The molecule has 0 amide bonds. The summed E-state index contributed by atoms with van der Waals surface area (Å²) >= 11 is 0.